The van der Waals surface area contributed by atoms with E-state index < -0.39 is 0 Å². The minimum Gasteiger partial charge on any atom is -0.380 e. The molecule has 18 heavy (non-hydrogen) atoms. The molecule has 2 N–H and O–H groups in total. The monoisotopic (exact) mass is 258 g/mol. The summed E-state index contributed by atoms with van der Waals surface area (Å²) in [4.78, 5) is 11.4. The molecule has 1 amide bonds. The number of amides is 1. The highest BCUT2D eigenvalue weighted by atomic mass is 16.5. The Kier molecular flexibility index (Phi) is 11.1. The Morgan fingerprint density at radius 2 is 1.78 bits per heavy atom. The molecule has 0 aliphatic carbocycles. The maximum absolute atomic E-state index is 11.4. The van der Waals surface area contributed by atoms with E-state index in [0.29, 0.717) is 18.3 Å². The topological polar surface area (TPSA) is 50.4 Å². The molecule has 4 nitrogen and oxygen atoms in total. The molecule has 0 heterocycles. The third-order valence-corrected chi connectivity index (χ3v) is 2.50. The van der Waals surface area contributed by atoms with Gasteiger partial charge in [0.1, 0.15) is 0 Å². The number of carbonyl (C=O) groups is 1. The van der Waals surface area contributed by atoms with Gasteiger partial charge in [0.2, 0.25) is 5.91 Å². The molecule has 0 spiro atoms. The van der Waals surface area contributed by atoms with E-state index in [1.165, 1.54) is 0 Å². The van der Waals surface area contributed by atoms with Crippen LogP contribution in [0.5, 0.6) is 0 Å². The Bertz CT molecular complexity index is 206. The SMILES string of the molecule is CC(C)CCOCCNCCC(=O)NCC(C)C. The van der Waals surface area contributed by atoms with Crippen molar-refractivity contribution in [1.82, 2.24) is 10.6 Å². The Morgan fingerprint density at radius 3 is 2.39 bits per heavy atom. The van der Waals surface area contributed by atoms with Gasteiger partial charge < -0.3 is 15.4 Å². The van der Waals surface area contributed by atoms with Gasteiger partial charge in [0.15, 0.2) is 0 Å². The van der Waals surface area contributed by atoms with E-state index in [2.05, 4.69) is 38.3 Å². The van der Waals surface area contributed by atoms with Crippen molar-refractivity contribution in [2.24, 2.45) is 11.8 Å². The average molecular weight is 258 g/mol. The minimum absolute atomic E-state index is 0.122. The van der Waals surface area contributed by atoms with E-state index in [4.69, 9.17) is 4.74 Å². The van der Waals surface area contributed by atoms with E-state index in [1.807, 2.05) is 0 Å². The summed E-state index contributed by atoms with van der Waals surface area (Å²) in [6.07, 6.45) is 1.65. The lowest BCUT2D eigenvalue weighted by Gasteiger charge is -2.09. The first-order valence-corrected chi connectivity index (χ1v) is 7.07. The molecule has 0 aromatic heterocycles. The van der Waals surface area contributed by atoms with Crippen LogP contribution in [-0.2, 0) is 9.53 Å². The van der Waals surface area contributed by atoms with Crippen LogP contribution in [0.15, 0.2) is 0 Å². The molecule has 0 rings (SSSR count). The van der Waals surface area contributed by atoms with Crippen molar-refractivity contribution in [2.45, 2.75) is 40.5 Å². The van der Waals surface area contributed by atoms with Crippen LogP contribution < -0.4 is 10.6 Å². The van der Waals surface area contributed by atoms with Crippen molar-refractivity contribution in [2.75, 3.05) is 32.8 Å². The highest BCUT2D eigenvalue weighted by Crippen LogP contribution is 1.98. The molecule has 0 aliphatic rings. The zero-order chi connectivity index (χ0) is 13.8. The summed E-state index contributed by atoms with van der Waals surface area (Å²) >= 11 is 0. The number of nitrogens with one attached hydrogen (secondary N) is 2. The van der Waals surface area contributed by atoms with Gasteiger partial charge in [0.25, 0.3) is 0 Å². The average Bonchev–Trinajstić information content (AvgIpc) is 2.29. The molecule has 108 valence electrons. The second-order valence-electron chi connectivity index (χ2n) is 5.49. The van der Waals surface area contributed by atoms with Crippen LogP contribution in [-0.4, -0.2) is 38.8 Å². The molecule has 4 heteroatoms. The second kappa shape index (κ2) is 11.5. The van der Waals surface area contributed by atoms with Crippen LogP contribution >= 0.6 is 0 Å². The number of hydrogen-bond acceptors (Lipinski definition) is 3. The normalized spacial score (nSPS) is 11.2. The summed E-state index contributed by atoms with van der Waals surface area (Å²) in [5.74, 6) is 1.33. The van der Waals surface area contributed by atoms with Gasteiger partial charge in [-0.1, -0.05) is 27.7 Å². The summed E-state index contributed by atoms with van der Waals surface area (Å²) in [5.41, 5.74) is 0. The van der Waals surface area contributed by atoms with Gasteiger partial charge in [-0.3, -0.25) is 4.79 Å². The first-order valence-electron chi connectivity index (χ1n) is 7.07. The van der Waals surface area contributed by atoms with E-state index in [-0.39, 0.29) is 5.91 Å². The Morgan fingerprint density at radius 1 is 1.06 bits per heavy atom. The summed E-state index contributed by atoms with van der Waals surface area (Å²) in [5, 5.41) is 6.10. The van der Waals surface area contributed by atoms with Crippen LogP contribution in [0.1, 0.15) is 40.5 Å². The van der Waals surface area contributed by atoms with Crippen LogP contribution in [0.2, 0.25) is 0 Å². The van der Waals surface area contributed by atoms with Crippen molar-refractivity contribution in [3.63, 3.8) is 0 Å². The van der Waals surface area contributed by atoms with Crippen molar-refractivity contribution in [3.8, 4) is 0 Å². The maximum atomic E-state index is 11.4. The van der Waals surface area contributed by atoms with Gasteiger partial charge in [-0.15, -0.1) is 0 Å². The molecule has 0 bridgehead atoms. The zero-order valence-electron chi connectivity index (χ0n) is 12.4. The van der Waals surface area contributed by atoms with Crippen LogP contribution in [0.3, 0.4) is 0 Å². The fraction of sp³-hybridized carbons (Fsp3) is 0.929. The molecular weight excluding hydrogens is 228 g/mol. The maximum Gasteiger partial charge on any atom is 0.221 e. The molecule has 0 radical (unpaired) electrons. The summed E-state index contributed by atoms with van der Waals surface area (Å²) in [6, 6.07) is 0. The largest absolute Gasteiger partial charge is 0.380 e. The molecule has 0 unspecified atom stereocenters. The van der Waals surface area contributed by atoms with Crippen LogP contribution in [0.25, 0.3) is 0 Å². The third-order valence-electron chi connectivity index (χ3n) is 2.50. The molecule has 0 aromatic rings. The van der Waals surface area contributed by atoms with Gasteiger partial charge >= 0.3 is 0 Å². The molecule has 0 atom stereocenters. The highest BCUT2D eigenvalue weighted by Gasteiger charge is 2.01. The second-order valence-corrected chi connectivity index (χ2v) is 5.49. The predicted octanol–water partition coefficient (Wildman–Crippen LogP) is 1.80. The number of rotatable bonds is 11. The standard InChI is InChI=1S/C14H30N2O2/c1-12(2)6-9-18-10-8-15-7-5-14(17)16-11-13(3)4/h12-13,15H,5-11H2,1-4H3,(H,16,17). The van der Waals surface area contributed by atoms with E-state index >= 15 is 0 Å². The Balaban J connectivity index is 3.17. The van der Waals surface area contributed by atoms with Gasteiger partial charge in [-0.05, 0) is 18.3 Å². The highest BCUT2D eigenvalue weighted by molar-refractivity contribution is 5.76. The molecule has 0 saturated heterocycles. The summed E-state index contributed by atoms with van der Waals surface area (Å²) in [7, 11) is 0. The zero-order valence-corrected chi connectivity index (χ0v) is 12.4. The number of hydrogen-bond donors (Lipinski definition) is 2. The van der Waals surface area contributed by atoms with Gasteiger partial charge in [-0.25, -0.2) is 0 Å². The van der Waals surface area contributed by atoms with Crippen LogP contribution in [0.4, 0.5) is 0 Å². The predicted molar refractivity (Wildman–Crippen MR) is 75.6 cm³/mol. The van der Waals surface area contributed by atoms with Crippen molar-refractivity contribution < 1.29 is 9.53 Å². The van der Waals surface area contributed by atoms with E-state index in [1.54, 1.807) is 0 Å². The molecular formula is C14H30N2O2. The van der Waals surface area contributed by atoms with Crippen LogP contribution in [0, 0.1) is 11.8 Å². The first kappa shape index (κ1) is 17.4. The minimum atomic E-state index is 0.122. The summed E-state index contributed by atoms with van der Waals surface area (Å²) in [6.45, 7) is 12.4. The third kappa shape index (κ3) is 13.5. The van der Waals surface area contributed by atoms with Gasteiger partial charge in [0, 0.05) is 32.7 Å². The van der Waals surface area contributed by atoms with Crippen molar-refractivity contribution in [3.05, 3.63) is 0 Å². The van der Waals surface area contributed by atoms with Crippen molar-refractivity contribution in [1.29, 1.82) is 0 Å². The lowest BCUT2D eigenvalue weighted by Crippen LogP contribution is -2.31. The van der Waals surface area contributed by atoms with E-state index in [0.717, 1.165) is 39.3 Å². The van der Waals surface area contributed by atoms with Crippen molar-refractivity contribution >= 4 is 5.91 Å². The first-order chi connectivity index (χ1) is 8.52. The van der Waals surface area contributed by atoms with Gasteiger partial charge in [-0.2, -0.15) is 0 Å². The Labute approximate surface area is 112 Å². The molecule has 0 aromatic carbocycles. The lowest BCUT2D eigenvalue weighted by molar-refractivity contribution is -0.121. The molecule has 0 aliphatic heterocycles. The fourth-order valence-electron chi connectivity index (χ4n) is 1.30. The van der Waals surface area contributed by atoms with Gasteiger partial charge in [0.05, 0.1) is 6.61 Å². The number of carbonyl (C=O) groups excluding carboxylic acids is 1. The molecule has 0 fully saturated rings. The number of ether oxygens (including phenoxy) is 1. The molecule has 0 saturated carbocycles. The van der Waals surface area contributed by atoms with E-state index in [9.17, 15) is 4.79 Å². The summed E-state index contributed by atoms with van der Waals surface area (Å²) < 4.78 is 5.47. The fourth-order valence-corrected chi connectivity index (χ4v) is 1.30. The smallest absolute Gasteiger partial charge is 0.221 e. The lowest BCUT2D eigenvalue weighted by atomic mass is 10.1. The quantitative estimate of drug-likeness (QED) is 0.556. The Hall–Kier alpha value is -0.610.